The molecule has 10 heteroatoms. The van der Waals surface area contributed by atoms with Crippen molar-refractivity contribution in [1.82, 2.24) is 10.3 Å². The van der Waals surface area contributed by atoms with Crippen LogP contribution in [0.5, 0.6) is 0 Å². The number of hydrogen-bond donors (Lipinski definition) is 2. The van der Waals surface area contributed by atoms with Crippen LogP contribution in [-0.2, 0) is 0 Å². The van der Waals surface area contributed by atoms with Crippen molar-refractivity contribution in [3.8, 4) is 0 Å². The summed E-state index contributed by atoms with van der Waals surface area (Å²) < 4.78 is 15.4. The first-order chi connectivity index (χ1) is 16.7. The van der Waals surface area contributed by atoms with Crippen LogP contribution in [0.15, 0.2) is 41.5 Å². The minimum absolute atomic E-state index is 0.0450. The Morgan fingerprint density at radius 1 is 1.11 bits per heavy atom. The lowest BCUT2D eigenvalue weighted by Gasteiger charge is -2.45. The Labute approximate surface area is 215 Å². The Bertz CT molecular complexity index is 1110. The number of anilines is 2. The maximum absolute atomic E-state index is 15.4. The monoisotopic (exact) mass is 516 g/mol. The molecule has 2 unspecified atom stereocenters. The maximum Gasteiger partial charge on any atom is 0.254 e. The quantitative estimate of drug-likeness (QED) is 0.355. The number of benzene rings is 2. The molecule has 2 aromatic carbocycles. The van der Waals surface area contributed by atoms with Gasteiger partial charge in [0.25, 0.3) is 5.91 Å². The van der Waals surface area contributed by atoms with Crippen LogP contribution in [0.2, 0.25) is 5.02 Å². The summed E-state index contributed by atoms with van der Waals surface area (Å²) in [4.78, 5) is 19.4. The largest absolute Gasteiger partial charge is 0.375 e. The van der Waals surface area contributed by atoms with Crippen molar-refractivity contribution in [3.63, 3.8) is 0 Å². The summed E-state index contributed by atoms with van der Waals surface area (Å²) in [5.74, 6) is -0.377. The Morgan fingerprint density at radius 3 is 2.34 bits per heavy atom. The second-order valence-electron chi connectivity index (χ2n) is 9.11. The predicted octanol–water partition coefficient (Wildman–Crippen LogP) is 3.99. The van der Waals surface area contributed by atoms with Gasteiger partial charge in [0.2, 0.25) is 0 Å². The summed E-state index contributed by atoms with van der Waals surface area (Å²) in [7, 11) is 0. The van der Waals surface area contributed by atoms with Gasteiger partial charge in [0.05, 0.1) is 11.9 Å². The Kier molecular flexibility index (Phi) is 7.76. The summed E-state index contributed by atoms with van der Waals surface area (Å²) in [6, 6.07) is 10.1. The van der Waals surface area contributed by atoms with Crippen LogP contribution in [0.25, 0.3) is 0 Å². The third-order valence-electron chi connectivity index (χ3n) is 6.51. The molecule has 2 saturated heterocycles. The first-order valence-corrected chi connectivity index (χ1v) is 12.5. The highest BCUT2D eigenvalue weighted by Crippen LogP contribution is 2.33. The van der Waals surface area contributed by atoms with E-state index in [1.54, 1.807) is 30.5 Å². The number of amides is 1. The van der Waals surface area contributed by atoms with Crippen LogP contribution in [0.1, 0.15) is 42.6 Å². The third kappa shape index (κ3) is 5.67. The number of rotatable bonds is 5. The van der Waals surface area contributed by atoms with E-state index < -0.39 is 0 Å². The summed E-state index contributed by atoms with van der Waals surface area (Å²) in [6.45, 7) is 6.86. The average Bonchev–Trinajstić information content (AvgIpc) is 3.33. The number of nitrogens with zero attached hydrogens (tertiary/aromatic N) is 4. The molecule has 7 nitrogen and oxygen atoms in total. The molecular weight excluding hydrogens is 487 g/mol. The number of piperazine rings is 1. The van der Waals surface area contributed by atoms with Crippen LogP contribution in [-0.4, -0.2) is 60.4 Å². The van der Waals surface area contributed by atoms with E-state index in [0.29, 0.717) is 34.9 Å². The minimum atomic E-state index is -0.332. The molecule has 0 aromatic heterocycles. The van der Waals surface area contributed by atoms with E-state index >= 15 is 4.39 Å². The van der Waals surface area contributed by atoms with Crippen molar-refractivity contribution in [2.75, 3.05) is 36.0 Å². The normalized spacial score (nSPS) is 20.5. The molecule has 0 radical (unpaired) electrons. The molecule has 2 aliphatic rings. The fraction of sp³-hybridized carbons (Fsp3) is 0.400. The summed E-state index contributed by atoms with van der Waals surface area (Å²) >= 11 is 10.8. The zero-order valence-electron chi connectivity index (χ0n) is 19.9. The zero-order valence-corrected chi connectivity index (χ0v) is 21.4. The first kappa shape index (κ1) is 25.2. The van der Waals surface area contributed by atoms with Gasteiger partial charge in [-0.2, -0.15) is 5.10 Å². The number of halogens is 2. The van der Waals surface area contributed by atoms with Gasteiger partial charge >= 0.3 is 0 Å². The van der Waals surface area contributed by atoms with E-state index in [1.165, 1.54) is 6.07 Å². The van der Waals surface area contributed by atoms with Crippen LogP contribution in [0.3, 0.4) is 0 Å². The van der Waals surface area contributed by atoms with Gasteiger partial charge in [-0.3, -0.25) is 10.2 Å². The Morgan fingerprint density at radius 2 is 1.74 bits per heavy atom. The average molecular weight is 517 g/mol. The molecule has 4 rings (SSSR count). The highest BCUT2D eigenvalue weighted by Gasteiger charge is 2.34. The van der Waals surface area contributed by atoms with Gasteiger partial charge in [-0.05, 0) is 75.3 Å². The number of hydrazone groups is 1. The Balaban J connectivity index is 1.59. The number of hydrogen-bond acceptors (Lipinski definition) is 5. The zero-order chi connectivity index (χ0) is 25.1. The lowest BCUT2D eigenvalue weighted by molar-refractivity contribution is 0.0574. The molecule has 35 heavy (non-hydrogen) atoms. The molecule has 2 fully saturated rings. The van der Waals surface area contributed by atoms with Gasteiger partial charge in [-0.25, -0.2) is 4.39 Å². The van der Waals surface area contributed by atoms with Gasteiger partial charge in [0.1, 0.15) is 5.82 Å². The predicted molar refractivity (Wildman–Crippen MR) is 144 cm³/mol. The molecule has 1 amide bonds. The van der Waals surface area contributed by atoms with Gasteiger partial charge in [0, 0.05) is 60.1 Å². The summed E-state index contributed by atoms with van der Waals surface area (Å²) in [6.07, 6.45) is 3.73. The molecule has 2 aromatic rings. The molecule has 2 atom stereocenters. The van der Waals surface area contributed by atoms with Crippen molar-refractivity contribution < 1.29 is 9.18 Å². The van der Waals surface area contributed by atoms with Crippen molar-refractivity contribution in [1.29, 1.82) is 0 Å². The molecule has 0 aliphatic carbocycles. The first-order valence-electron chi connectivity index (χ1n) is 11.7. The molecule has 186 valence electrons. The van der Waals surface area contributed by atoms with E-state index in [1.807, 2.05) is 29.7 Å². The topological polar surface area (TPSA) is 77.2 Å². The van der Waals surface area contributed by atoms with Crippen LogP contribution < -0.4 is 21.0 Å². The van der Waals surface area contributed by atoms with Gasteiger partial charge in [0.15, 0.2) is 5.11 Å². The van der Waals surface area contributed by atoms with Gasteiger partial charge in [-0.15, -0.1) is 0 Å². The van der Waals surface area contributed by atoms with E-state index in [2.05, 4.69) is 15.4 Å². The second kappa shape index (κ2) is 10.8. The summed E-state index contributed by atoms with van der Waals surface area (Å²) in [5, 5.41) is 4.68. The fourth-order valence-corrected chi connectivity index (χ4v) is 5.15. The number of nitrogens with one attached hydrogen (secondary N) is 1. The van der Waals surface area contributed by atoms with E-state index in [-0.39, 0.29) is 28.9 Å². The van der Waals surface area contributed by atoms with Crippen LogP contribution in [0, 0.1) is 5.82 Å². The van der Waals surface area contributed by atoms with Crippen LogP contribution in [0.4, 0.5) is 15.8 Å². The molecule has 2 aliphatic heterocycles. The maximum atomic E-state index is 15.4. The van der Waals surface area contributed by atoms with Gasteiger partial charge < -0.3 is 20.4 Å². The SMILES string of the molecule is CC1CN(c2cc(N3CCCC3)c(C=NNC(N)=S)cc2F)CC(C)N1C(=O)c1ccc(Cl)cc1. The third-order valence-corrected chi connectivity index (χ3v) is 6.85. The lowest BCUT2D eigenvalue weighted by Crippen LogP contribution is -2.59. The van der Waals surface area contributed by atoms with E-state index in [4.69, 9.17) is 29.6 Å². The minimum Gasteiger partial charge on any atom is -0.375 e. The lowest BCUT2D eigenvalue weighted by atomic mass is 10.0. The standard InChI is InChI=1S/C25H30ClFN6OS/c1-16-14-32(15-17(2)33(16)24(34)18-5-7-20(26)8-6-18)23-12-22(31-9-3-4-10-31)19(11-21(23)27)13-29-30-25(28)35/h5-8,11-13,16-17H,3-4,9-10,14-15H2,1-2H3,(H3,28,30,35). The molecule has 3 N–H and O–H groups in total. The summed E-state index contributed by atoms with van der Waals surface area (Å²) in [5.41, 5.74) is 10.7. The highest BCUT2D eigenvalue weighted by atomic mass is 35.5. The number of nitrogens with two attached hydrogens (primary N) is 1. The molecule has 0 spiro atoms. The number of thiocarbonyl (C=S) groups is 1. The van der Waals surface area contributed by atoms with E-state index in [9.17, 15) is 4.79 Å². The number of carbonyl (C=O) groups is 1. The molecule has 0 saturated carbocycles. The van der Waals surface area contributed by atoms with Crippen molar-refractivity contribution in [2.24, 2.45) is 10.8 Å². The Hall–Kier alpha value is -2.91. The van der Waals surface area contributed by atoms with Crippen molar-refractivity contribution in [2.45, 2.75) is 38.8 Å². The van der Waals surface area contributed by atoms with Crippen molar-refractivity contribution >= 4 is 52.4 Å². The molecular formula is C25H30ClFN6OS. The molecule has 0 bridgehead atoms. The second-order valence-corrected chi connectivity index (χ2v) is 9.99. The fourth-order valence-electron chi connectivity index (χ4n) is 4.97. The van der Waals surface area contributed by atoms with Gasteiger partial charge in [-0.1, -0.05) is 11.6 Å². The smallest absolute Gasteiger partial charge is 0.254 e. The highest BCUT2D eigenvalue weighted by molar-refractivity contribution is 7.80. The van der Waals surface area contributed by atoms with Crippen LogP contribution >= 0.6 is 23.8 Å². The number of carbonyl (C=O) groups excluding carboxylic acids is 1. The van der Waals surface area contributed by atoms with Crippen molar-refractivity contribution in [3.05, 3.63) is 58.4 Å². The van der Waals surface area contributed by atoms with E-state index in [0.717, 1.165) is 31.6 Å². The molecule has 2 heterocycles.